The van der Waals surface area contributed by atoms with Gasteiger partial charge in [-0.05, 0) is 67.8 Å². The summed E-state index contributed by atoms with van der Waals surface area (Å²) in [7, 11) is 1.07. The molecule has 3 aliphatic rings. The number of nitrogens with zero attached hydrogens (tertiary/aromatic N) is 2. The van der Waals surface area contributed by atoms with Gasteiger partial charge in [-0.2, -0.15) is 0 Å². The Labute approximate surface area is 315 Å². The maximum absolute atomic E-state index is 13.8. The molecule has 0 radical (unpaired) electrons. The van der Waals surface area contributed by atoms with Crippen molar-refractivity contribution in [3.05, 3.63) is 47.5 Å². The lowest BCUT2D eigenvalue weighted by Crippen LogP contribution is -2.46. The number of hydrogen-bond acceptors (Lipinski definition) is 9. The topological polar surface area (TPSA) is 142 Å². The molecule has 290 valence electrons. The van der Waals surface area contributed by atoms with Gasteiger partial charge in [0.2, 0.25) is 5.91 Å². The Balaban J connectivity index is 1.13. The van der Waals surface area contributed by atoms with Gasteiger partial charge in [0.25, 0.3) is 11.8 Å². The van der Waals surface area contributed by atoms with Crippen LogP contribution in [0, 0.1) is 5.41 Å². The van der Waals surface area contributed by atoms with Crippen molar-refractivity contribution < 1.29 is 37.8 Å². The molecule has 5 rings (SSSR count). The number of benzene rings is 2. The third-order valence-corrected chi connectivity index (χ3v) is 15.5. The van der Waals surface area contributed by atoms with Gasteiger partial charge in [-0.15, -0.1) is 0 Å². The Bertz CT molecular complexity index is 1740. The number of fused-ring (bicyclic) bond motifs is 2. The van der Waals surface area contributed by atoms with E-state index in [1.54, 1.807) is 36.3 Å². The quantitative estimate of drug-likeness (QED) is 0.0913. The van der Waals surface area contributed by atoms with Gasteiger partial charge in [-0.3, -0.25) is 14.4 Å². The van der Waals surface area contributed by atoms with Crippen molar-refractivity contribution in [3.8, 4) is 23.0 Å². The molecule has 3 heterocycles. The SMILES string of the molecule is C=C1C[C@@H](CO[Si](C)(C)C(C)(C)C)N(C(=O)c2cc(OC)c(OCCCCCOc3cc4c(cc3OC)C(=O)N3CC(C)(C)C[C@H]3C(=O)N4)cc2N)C1. The van der Waals surface area contributed by atoms with Gasteiger partial charge >= 0.3 is 0 Å². The summed E-state index contributed by atoms with van der Waals surface area (Å²) in [6.45, 7) is 21.6. The Hall–Kier alpha value is -4.23. The molecule has 2 saturated heterocycles. The van der Waals surface area contributed by atoms with Crippen molar-refractivity contribution in [2.75, 3.05) is 58.2 Å². The summed E-state index contributed by atoms with van der Waals surface area (Å²) < 4.78 is 29.8. The lowest BCUT2D eigenvalue weighted by molar-refractivity contribution is -0.119. The van der Waals surface area contributed by atoms with E-state index in [1.807, 2.05) is 4.90 Å². The van der Waals surface area contributed by atoms with Gasteiger partial charge in [-0.1, -0.05) is 46.8 Å². The highest BCUT2D eigenvalue weighted by molar-refractivity contribution is 6.74. The van der Waals surface area contributed by atoms with Gasteiger partial charge in [0.05, 0.1) is 56.9 Å². The van der Waals surface area contributed by atoms with Crippen LogP contribution in [0.3, 0.4) is 0 Å². The number of nitrogens with two attached hydrogens (primary N) is 1. The number of ether oxygens (including phenoxy) is 4. The fraction of sp³-hybridized carbons (Fsp3) is 0.575. The van der Waals surface area contributed by atoms with Gasteiger partial charge in [-0.25, -0.2) is 0 Å². The van der Waals surface area contributed by atoms with Gasteiger partial charge in [0, 0.05) is 30.9 Å². The number of rotatable bonds is 14. The first-order chi connectivity index (χ1) is 24.9. The second kappa shape index (κ2) is 15.6. The first-order valence-electron chi connectivity index (χ1n) is 18.5. The summed E-state index contributed by atoms with van der Waals surface area (Å²) in [5, 5.41) is 3.01. The average molecular weight is 751 g/mol. The van der Waals surface area contributed by atoms with Crippen LogP contribution in [0.4, 0.5) is 11.4 Å². The summed E-state index contributed by atoms with van der Waals surface area (Å²) in [6, 6.07) is 6.03. The molecular weight excluding hydrogens is 693 g/mol. The van der Waals surface area contributed by atoms with Crippen molar-refractivity contribution in [1.82, 2.24) is 9.80 Å². The van der Waals surface area contributed by atoms with Crippen LogP contribution in [-0.2, 0) is 9.22 Å². The summed E-state index contributed by atoms with van der Waals surface area (Å²) in [4.78, 5) is 43.8. The summed E-state index contributed by atoms with van der Waals surface area (Å²) in [5.41, 5.74) is 8.80. The highest BCUT2D eigenvalue weighted by Gasteiger charge is 2.46. The summed E-state index contributed by atoms with van der Waals surface area (Å²) in [5.74, 6) is 1.24. The molecule has 2 atom stereocenters. The maximum atomic E-state index is 13.8. The summed E-state index contributed by atoms with van der Waals surface area (Å²) >= 11 is 0. The molecule has 3 N–H and O–H groups in total. The van der Waals surface area contributed by atoms with Crippen LogP contribution in [0.15, 0.2) is 36.4 Å². The second-order valence-electron chi connectivity index (χ2n) is 16.8. The average Bonchev–Trinajstić information content (AvgIpc) is 3.61. The third kappa shape index (κ3) is 8.78. The first kappa shape index (κ1) is 40.0. The lowest BCUT2D eigenvalue weighted by Gasteiger charge is -2.38. The molecule has 0 bridgehead atoms. The molecule has 0 unspecified atom stereocenters. The predicted octanol–water partition coefficient (Wildman–Crippen LogP) is 6.90. The number of nitrogen functional groups attached to an aromatic ring is 1. The van der Waals surface area contributed by atoms with Gasteiger partial charge < -0.3 is 44.2 Å². The summed E-state index contributed by atoms with van der Waals surface area (Å²) in [6.07, 6.45) is 3.58. The van der Waals surface area contributed by atoms with Crippen molar-refractivity contribution in [2.24, 2.45) is 5.41 Å². The molecule has 3 amide bonds. The molecule has 2 aromatic carbocycles. The van der Waals surface area contributed by atoms with Gasteiger partial charge in [0.15, 0.2) is 31.3 Å². The van der Waals surface area contributed by atoms with Crippen LogP contribution in [0.1, 0.15) is 87.4 Å². The van der Waals surface area contributed by atoms with Crippen LogP contribution in [0.5, 0.6) is 23.0 Å². The van der Waals surface area contributed by atoms with E-state index in [4.69, 9.17) is 29.1 Å². The number of carbonyl (C=O) groups excluding carboxylic acids is 3. The zero-order chi connectivity index (χ0) is 38.9. The number of hydrogen-bond donors (Lipinski definition) is 2. The monoisotopic (exact) mass is 750 g/mol. The zero-order valence-corrected chi connectivity index (χ0v) is 34.0. The fourth-order valence-corrected chi connectivity index (χ4v) is 7.96. The largest absolute Gasteiger partial charge is 0.493 e. The van der Waals surface area contributed by atoms with E-state index >= 15 is 0 Å². The standard InChI is InChI=1S/C40H58N4O8Si/c1-25-16-26(23-52-53(9,10)39(2,3)4)43(22-25)37(46)27-17-32(48-7)34(19-29(27)41)50-14-12-11-13-15-51-35-20-30-28(18-33(35)49-8)38(47)44-24-40(5,6)21-31(44)36(45)42-30/h17-20,26,31H,1,11-16,21-24,41H2,2-10H3,(H,42,45)/t26-,31-/m0/s1. The second-order valence-corrected chi connectivity index (χ2v) is 21.6. The number of anilines is 2. The molecule has 0 aliphatic carbocycles. The molecule has 53 heavy (non-hydrogen) atoms. The van der Waals surface area contributed by atoms with Crippen molar-refractivity contribution in [1.29, 1.82) is 0 Å². The van der Waals surface area contributed by atoms with Crippen LogP contribution in [0.25, 0.3) is 0 Å². The minimum absolute atomic E-state index is 0.0654. The Morgan fingerprint density at radius 3 is 2.23 bits per heavy atom. The minimum atomic E-state index is -2.00. The van der Waals surface area contributed by atoms with Crippen LogP contribution in [0.2, 0.25) is 18.1 Å². The van der Waals surface area contributed by atoms with E-state index in [9.17, 15) is 14.4 Å². The van der Waals surface area contributed by atoms with Crippen LogP contribution < -0.4 is 30.0 Å². The predicted molar refractivity (Wildman–Crippen MR) is 209 cm³/mol. The Morgan fingerprint density at radius 1 is 0.981 bits per heavy atom. The van der Waals surface area contributed by atoms with E-state index in [0.29, 0.717) is 91.3 Å². The first-order valence-corrected chi connectivity index (χ1v) is 21.4. The Morgan fingerprint density at radius 2 is 1.60 bits per heavy atom. The fourth-order valence-electron chi connectivity index (χ4n) is 6.92. The molecule has 12 nitrogen and oxygen atoms in total. The molecule has 0 saturated carbocycles. The normalized spacial score (nSPS) is 19.8. The molecule has 13 heteroatoms. The van der Waals surface area contributed by atoms with Crippen molar-refractivity contribution >= 4 is 37.4 Å². The number of amides is 3. The maximum Gasteiger partial charge on any atom is 0.256 e. The van der Waals surface area contributed by atoms with E-state index in [-0.39, 0.29) is 34.2 Å². The molecule has 2 aromatic rings. The van der Waals surface area contributed by atoms with Crippen molar-refractivity contribution in [3.63, 3.8) is 0 Å². The number of likely N-dealkylation sites (tertiary alicyclic amines) is 1. The van der Waals surface area contributed by atoms with E-state index in [0.717, 1.165) is 24.8 Å². The van der Waals surface area contributed by atoms with Crippen LogP contribution >= 0.6 is 0 Å². The number of nitrogens with one attached hydrogen (secondary N) is 1. The van der Waals surface area contributed by atoms with Crippen molar-refractivity contribution in [2.45, 2.75) is 96.9 Å². The zero-order valence-electron chi connectivity index (χ0n) is 33.0. The number of methoxy groups -OCH3 is 2. The highest BCUT2D eigenvalue weighted by atomic mass is 28.4. The molecule has 0 spiro atoms. The van der Waals surface area contributed by atoms with E-state index in [2.05, 4.69) is 59.6 Å². The molecule has 2 fully saturated rings. The van der Waals surface area contributed by atoms with E-state index in [1.165, 1.54) is 7.11 Å². The lowest BCUT2D eigenvalue weighted by atomic mass is 9.90. The Kier molecular flexibility index (Phi) is 11.8. The molecular formula is C40H58N4O8Si. The van der Waals surface area contributed by atoms with E-state index < -0.39 is 14.4 Å². The molecule has 0 aromatic heterocycles. The third-order valence-electron chi connectivity index (χ3n) is 11.0. The van der Waals surface area contributed by atoms with Gasteiger partial charge in [0.1, 0.15) is 6.04 Å². The smallest absolute Gasteiger partial charge is 0.256 e. The minimum Gasteiger partial charge on any atom is -0.493 e. The van der Waals surface area contributed by atoms with Crippen LogP contribution in [-0.4, -0.2) is 95.1 Å². The number of carbonyl (C=O) groups is 3. The molecule has 3 aliphatic heterocycles. The highest BCUT2D eigenvalue weighted by Crippen LogP contribution is 2.42. The number of unbranched alkanes of at least 4 members (excludes halogenated alkanes) is 2.